The average Bonchev–Trinajstić information content (AvgIpc) is 2.48. The fourth-order valence-corrected chi connectivity index (χ4v) is 2.41. The fourth-order valence-electron chi connectivity index (χ4n) is 2.41. The summed E-state index contributed by atoms with van der Waals surface area (Å²) in [6.07, 6.45) is 0. The predicted octanol–water partition coefficient (Wildman–Crippen LogP) is 4.61. The van der Waals surface area contributed by atoms with E-state index in [9.17, 15) is 10.2 Å². The molecular formula is C18H17NO2. The number of hydrogen-bond acceptors (Lipinski definition) is 3. The summed E-state index contributed by atoms with van der Waals surface area (Å²) in [5, 5.41) is 24.7. The second kappa shape index (κ2) is 5.02. The molecule has 0 aliphatic rings. The number of benzene rings is 3. The molecule has 106 valence electrons. The smallest absolute Gasteiger partial charge is 0.126 e. The first-order chi connectivity index (χ1) is 10.0. The van der Waals surface area contributed by atoms with Crippen LogP contribution in [0.1, 0.15) is 11.1 Å². The Morgan fingerprint density at radius 1 is 0.810 bits per heavy atom. The van der Waals surface area contributed by atoms with E-state index in [4.69, 9.17) is 0 Å². The summed E-state index contributed by atoms with van der Waals surface area (Å²) in [6, 6.07) is 14.9. The number of aromatic hydroxyl groups is 2. The van der Waals surface area contributed by atoms with Crippen LogP contribution in [0.5, 0.6) is 11.5 Å². The van der Waals surface area contributed by atoms with E-state index >= 15 is 0 Å². The third-order valence-electron chi connectivity index (χ3n) is 3.78. The molecule has 0 aliphatic heterocycles. The first-order valence-corrected chi connectivity index (χ1v) is 6.83. The highest BCUT2D eigenvalue weighted by atomic mass is 16.3. The maximum atomic E-state index is 10.3. The molecule has 0 saturated carbocycles. The molecule has 21 heavy (non-hydrogen) atoms. The van der Waals surface area contributed by atoms with Crippen molar-refractivity contribution < 1.29 is 10.2 Å². The summed E-state index contributed by atoms with van der Waals surface area (Å²) in [5.41, 5.74) is 3.77. The van der Waals surface area contributed by atoms with Crippen molar-refractivity contribution in [3.8, 4) is 11.5 Å². The van der Waals surface area contributed by atoms with Crippen molar-refractivity contribution in [3.63, 3.8) is 0 Å². The van der Waals surface area contributed by atoms with Gasteiger partial charge in [-0.25, -0.2) is 0 Å². The topological polar surface area (TPSA) is 52.5 Å². The second-order valence-corrected chi connectivity index (χ2v) is 5.27. The zero-order valence-corrected chi connectivity index (χ0v) is 12.0. The minimum Gasteiger partial charge on any atom is -0.508 e. The Kier molecular flexibility index (Phi) is 3.18. The van der Waals surface area contributed by atoms with Crippen LogP contribution < -0.4 is 5.32 Å². The van der Waals surface area contributed by atoms with Crippen molar-refractivity contribution in [1.29, 1.82) is 0 Å². The standard InChI is InChI=1S/C18H17NO2/c1-11-9-13-3-4-15(10-17(13)18(21)12(11)2)19-14-5-7-16(20)8-6-14/h3-10,19-21H,1-2H3. The van der Waals surface area contributed by atoms with Gasteiger partial charge in [0.05, 0.1) is 0 Å². The third-order valence-corrected chi connectivity index (χ3v) is 3.78. The molecule has 0 saturated heterocycles. The summed E-state index contributed by atoms with van der Waals surface area (Å²) < 4.78 is 0. The van der Waals surface area contributed by atoms with Crippen LogP contribution in [0.3, 0.4) is 0 Å². The molecule has 3 heteroatoms. The van der Waals surface area contributed by atoms with Crippen LogP contribution in [-0.4, -0.2) is 10.2 Å². The van der Waals surface area contributed by atoms with Crippen molar-refractivity contribution in [2.75, 3.05) is 5.32 Å². The molecule has 0 fully saturated rings. The van der Waals surface area contributed by atoms with E-state index in [1.807, 2.05) is 32.0 Å². The number of hydrogen-bond donors (Lipinski definition) is 3. The number of fused-ring (bicyclic) bond motifs is 1. The first-order valence-electron chi connectivity index (χ1n) is 6.83. The van der Waals surface area contributed by atoms with Gasteiger partial charge in [0.1, 0.15) is 11.5 Å². The van der Waals surface area contributed by atoms with Gasteiger partial charge < -0.3 is 15.5 Å². The number of phenols is 2. The van der Waals surface area contributed by atoms with E-state index in [1.54, 1.807) is 24.3 Å². The lowest BCUT2D eigenvalue weighted by molar-refractivity contribution is 0.475. The molecule has 3 aromatic carbocycles. The van der Waals surface area contributed by atoms with E-state index in [0.29, 0.717) is 5.75 Å². The highest BCUT2D eigenvalue weighted by Gasteiger charge is 2.07. The van der Waals surface area contributed by atoms with Gasteiger partial charge in [0.15, 0.2) is 0 Å². The quantitative estimate of drug-likeness (QED) is 0.600. The molecule has 3 rings (SSSR count). The van der Waals surface area contributed by atoms with Crippen LogP contribution in [0, 0.1) is 13.8 Å². The van der Waals surface area contributed by atoms with E-state index in [1.165, 1.54) is 0 Å². The Morgan fingerprint density at radius 2 is 1.48 bits per heavy atom. The van der Waals surface area contributed by atoms with Crippen LogP contribution >= 0.6 is 0 Å². The van der Waals surface area contributed by atoms with Gasteiger partial charge in [-0.2, -0.15) is 0 Å². The van der Waals surface area contributed by atoms with Gasteiger partial charge in [-0.1, -0.05) is 12.1 Å². The molecule has 0 spiro atoms. The van der Waals surface area contributed by atoms with Crippen molar-refractivity contribution in [2.24, 2.45) is 0 Å². The van der Waals surface area contributed by atoms with Gasteiger partial charge in [0.25, 0.3) is 0 Å². The Balaban J connectivity index is 2.02. The minimum atomic E-state index is 0.239. The van der Waals surface area contributed by atoms with Gasteiger partial charge in [-0.05, 0) is 66.8 Å². The minimum absolute atomic E-state index is 0.239. The molecule has 0 aliphatic carbocycles. The second-order valence-electron chi connectivity index (χ2n) is 5.27. The van der Waals surface area contributed by atoms with E-state index < -0.39 is 0 Å². The van der Waals surface area contributed by atoms with Gasteiger partial charge in [-0.3, -0.25) is 0 Å². The first kappa shape index (κ1) is 13.3. The highest BCUT2D eigenvalue weighted by Crippen LogP contribution is 2.33. The maximum absolute atomic E-state index is 10.3. The SMILES string of the molecule is Cc1cc2ccc(Nc3ccc(O)cc3)cc2c(O)c1C. The number of aryl methyl sites for hydroxylation is 1. The summed E-state index contributed by atoms with van der Waals surface area (Å²) >= 11 is 0. The Hall–Kier alpha value is -2.68. The predicted molar refractivity (Wildman–Crippen MR) is 86.5 cm³/mol. The van der Waals surface area contributed by atoms with Gasteiger partial charge in [-0.15, -0.1) is 0 Å². The highest BCUT2D eigenvalue weighted by molar-refractivity contribution is 5.93. The van der Waals surface area contributed by atoms with Gasteiger partial charge >= 0.3 is 0 Å². The molecule has 3 N–H and O–H groups in total. The van der Waals surface area contributed by atoms with Crippen LogP contribution in [0.25, 0.3) is 10.8 Å². The molecule has 3 nitrogen and oxygen atoms in total. The van der Waals surface area contributed by atoms with Crippen molar-refractivity contribution in [3.05, 3.63) is 59.7 Å². The maximum Gasteiger partial charge on any atom is 0.126 e. The zero-order chi connectivity index (χ0) is 15.0. The number of rotatable bonds is 2. The lowest BCUT2D eigenvalue weighted by Crippen LogP contribution is -1.91. The summed E-state index contributed by atoms with van der Waals surface area (Å²) in [7, 11) is 0. The number of nitrogens with one attached hydrogen (secondary N) is 1. The lowest BCUT2D eigenvalue weighted by Gasteiger charge is -2.11. The lowest BCUT2D eigenvalue weighted by atomic mass is 10.0. The third kappa shape index (κ3) is 2.50. The molecular weight excluding hydrogens is 262 g/mol. The largest absolute Gasteiger partial charge is 0.508 e. The normalized spacial score (nSPS) is 10.8. The molecule has 0 bridgehead atoms. The molecule has 0 unspecified atom stereocenters. The summed E-state index contributed by atoms with van der Waals surface area (Å²) in [5.74, 6) is 0.571. The number of anilines is 2. The van der Waals surface area contributed by atoms with Crippen LogP contribution in [0.4, 0.5) is 11.4 Å². The van der Waals surface area contributed by atoms with Gasteiger partial charge in [0.2, 0.25) is 0 Å². The van der Waals surface area contributed by atoms with E-state index in [-0.39, 0.29) is 5.75 Å². The Labute approximate surface area is 123 Å². The Bertz CT molecular complexity index is 808. The molecule has 3 aromatic rings. The molecule has 0 atom stereocenters. The van der Waals surface area contributed by atoms with Crippen molar-refractivity contribution in [2.45, 2.75) is 13.8 Å². The Morgan fingerprint density at radius 3 is 2.19 bits per heavy atom. The van der Waals surface area contributed by atoms with Crippen molar-refractivity contribution >= 4 is 22.1 Å². The molecule has 0 amide bonds. The zero-order valence-electron chi connectivity index (χ0n) is 12.0. The van der Waals surface area contributed by atoms with Gasteiger partial charge in [0, 0.05) is 16.8 Å². The monoisotopic (exact) mass is 279 g/mol. The average molecular weight is 279 g/mol. The van der Waals surface area contributed by atoms with Crippen molar-refractivity contribution in [1.82, 2.24) is 0 Å². The van der Waals surface area contributed by atoms with Crippen LogP contribution in [0.2, 0.25) is 0 Å². The molecule has 0 radical (unpaired) electrons. The molecule has 0 heterocycles. The van der Waals surface area contributed by atoms with Crippen LogP contribution in [0.15, 0.2) is 48.5 Å². The van der Waals surface area contributed by atoms with E-state index in [2.05, 4.69) is 11.4 Å². The summed E-state index contributed by atoms with van der Waals surface area (Å²) in [4.78, 5) is 0. The molecule has 0 aromatic heterocycles. The van der Waals surface area contributed by atoms with E-state index in [0.717, 1.165) is 33.3 Å². The number of phenolic OH excluding ortho intramolecular Hbond substituents is 2. The summed E-state index contributed by atoms with van der Waals surface area (Å²) in [6.45, 7) is 3.92. The van der Waals surface area contributed by atoms with Crippen LogP contribution in [-0.2, 0) is 0 Å². The fraction of sp³-hybridized carbons (Fsp3) is 0.111.